The number of hydrogen-bond donors (Lipinski definition) is 0. The van der Waals surface area contributed by atoms with E-state index >= 15 is 0 Å². The van der Waals surface area contributed by atoms with Gasteiger partial charge in [-0.2, -0.15) is 5.10 Å². The van der Waals surface area contributed by atoms with Crippen molar-refractivity contribution in [3.8, 4) is 5.88 Å². The van der Waals surface area contributed by atoms with Crippen LogP contribution in [0.5, 0.6) is 5.88 Å². The van der Waals surface area contributed by atoms with E-state index in [1.54, 1.807) is 7.11 Å². The van der Waals surface area contributed by atoms with Crippen LogP contribution in [0.3, 0.4) is 0 Å². The second-order valence-corrected chi connectivity index (χ2v) is 7.15. The quantitative estimate of drug-likeness (QED) is 0.707. The first-order valence-corrected chi connectivity index (χ1v) is 9.44. The lowest BCUT2D eigenvalue weighted by Gasteiger charge is -2.36. The van der Waals surface area contributed by atoms with Gasteiger partial charge in [-0.1, -0.05) is 0 Å². The van der Waals surface area contributed by atoms with Crippen LogP contribution in [0.1, 0.15) is 24.5 Å². The zero-order valence-corrected chi connectivity index (χ0v) is 15.4. The van der Waals surface area contributed by atoms with Gasteiger partial charge < -0.3 is 14.5 Å². The Balaban J connectivity index is 1.30. The topological polar surface area (TPSA) is 67.3 Å². The molecule has 1 aliphatic carbocycles. The second kappa shape index (κ2) is 6.64. The van der Waals surface area contributed by atoms with Gasteiger partial charge in [0.15, 0.2) is 5.82 Å². The Hall–Kier alpha value is -2.96. The van der Waals surface area contributed by atoms with Crippen LogP contribution in [0.2, 0.25) is 0 Å². The molecule has 5 rings (SSSR count). The van der Waals surface area contributed by atoms with Gasteiger partial charge in [-0.15, -0.1) is 5.10 Å². The van der Waals surface area contributed by atoms with E-state index in [2.05, 4.69) is 54.2 Å². The smallest absolute Gasteiger partial charge is 0.224 e. The van der Waals surface area contributed by atoms with Gasteiger partial charge in [0.25, 0.3) is 0 Å². The summed E-state index contributed by atoms with van der Waals surface area (Å²) >= 11 is 0. The van der Waals surface area contributed by atoms with Crippen molar-refractivity contribution in [3.63, 3.8) is 0 Å². The molecule has 0 atom stereocenters. The monoisotopic (exact) mass is 362 g/mol. The molecule has 1 aromatic carbocycles. The zero-order chi connectivity index (χ0) is 18.2. The van der Waals surface area contributed by atoms with Gasteiger partial charge in [0.2, 0.25) is 5.88 Å². The Bertz CT molecular complexity index is 948. The molecule has 2 aromatic heterocycles. The Labute approximate surface area is 158 Å². The summed E-state index contributed by atoms with van der Waals surface area (Å²) < 4.78 is 5.38. The van der Waals surface area contributed by atoms with E-state index in [-0.39, 0.29) is 0 Å². The second-order valence-electron chi connectivity index (χ2n) is 7.15. The van der Waals surface area contributed by atoms with Crippen molar-refractivity contribution in [3.05, 3.63) is 42.4 Å². The maximum absolute atomic E-state index is 5.38. The van der Waals surface area contributed by atoms with Crippen molar-refractivity contribution in [2.75, 3.05) is 43.1 Å². The van der Waals surface area contributed by atoms with E-state index in [4.69, 9.17) is 4.74 Å². The van der Waals surface area contributed by atoms with Gasteiger partial charge >= 0.3 is 0 Å². The van der Waals surface area contributed by atoms with Gasteiger partial charge in [0, 0.05) is 37.8 Å². The molecule has 0 unspecified atom stereocenters. The van der Waals surface area contributed by atoms with E-state index < -0.39 is 0 Å². The van der Waals surface area contributed by atoms with Crippen molar-refractivity contribution < 1.29 is 4.74 Å². The van der Waals surface area contributed by atoms with E-state index in [1.165, 1.54) is 24.9 Å². The molecule has 0 bridgehead atoms. The number of rotatable bonds is 4. The van der Waals surface area contributed by atoms with Crippen molar-refractivity contribution in [1.82, 2.24) is 20.2 Å². The average molecular weight is 362 g/mol. The number of aromatic nitrogens is 4. The molecule has 0 N–H and O–H groups in total. The van der Waals surface area contributed by atoms with Crippen LogP contribution in [0.4, 0.5) is 11.5 Å². The number of anilines is 2. The minimum Gasteiger partial charge on any atom is -0.480 e. The highest BCUT2D eigenvalue weighted by Gasteiger charge is 2.26. The van der Waals surface area contributed by atoms with Gasteiger partial charge in [0.05, 0.1) is 23.7 Å². The highest BCUT2D eigenvalue weighted by atomic mass is 16.5. The fourth-order valence-electron chi connectivity index (χ4n) is 3.68. The molecule has 3 heterocycles. The predicted molar refractivity (Wildman–Crippen MR) is 105 cm³/mol. The predicted octanol–water partition coefficient (Wildman–Crippen LogP) is 2.63. The summed E-state index contributed by atoms with van der Waals surface area (Å²) in [6, 6.07) is 10.5. The molecule has 7 heteroatoms. The molecular weight excluding hydrogens is 340 g/mol. The molecule has 0 spiro atoms. The van der Waals surface area contributed by atoms with E-state index in [9.17, 15) is 0 Å². The number of piperazine rings is 1. The lowest BCUT2D eigenvalue weighted by molar-refractivity contribution is 0.402. The minimum absolute atomic E-state index is 0.617. The third-order valence-electron chi connectivity index (χ3n) is 5.41. The highest BCUT2D eigenvalue weighted by molar-refractivity contribution is 5.86. The van der Waals surface area contributed by atoms with Crippen LogP contribution in [-0.4, -0.2) is 53.5 Å². The number of hydrogen-bond acceptors (Lipinski definition) is 7. The number of benzene rings is 1. The van der Waals surface area contributed by atoms with E-state index in [1.807, 2.05) is 6.07 Å². The third kappa shape index (κ3) is 3.13. The average Bonchev–Trinajstić information content (AvgIpc) is 3.59. The number of nitrogens with zero attached hydrogens (tertiary/aromatic N) is 6. The standard InChI is InChI=1S/C20H22N6O/c1-27-20-16-12-15(4-5-18(16)21-13-22-20)25-8-10-26(11-9-25)19-7-6-17(23-24-19)14-2-3-14/h4-7,12-14H,2-3,8-11H2,1H3. The molecule has 2 aliphatic rings. The Morgan fingerprint density at radius 2 is 1.74 bits per heavy atom. The number of ether oxygens (including phenoxy) is 1. The molecule has 1 saturated carbocycles. The lowest BCUT2D eigenvalue weighted by Crippen LogP contribution is -2.46. The van der Waals surface area contributed by atoms with Crippen molar-refractivity contribution in [1.29, 1.82) is 0 Å². The molecule has 27 heavy (non-hydrogen) atoms. The highest BCUT2D eigenvalue weighted by Crippen LogP contribution is 2.38. The lowest BCUT2D eigenvalue weighted by atomic mass is 10.2. The first-order chi connectivity index (χ1) is 13.3. The van der Waals surface area contributed by atoms with Crippen molar-refractivity contribution in [2.24, 2.45) is 0 Å². The van der Waals surface area contributed by atoms with Crippen LogP contribution < -0.4 is 14.5 Å². The summed E-state index contributed by atoms with van der Waals surface area (Å²) in [6.07, 6.45) is 4.05. The van der Waals surface area contributed by atoms with E-state index in [0.717, 1.165) is 48.6 Å². The first-order valence-electron chi connectivity index (χ1n) is 9.44. The molecule has 2 fully saturated rings. The third-order valence-corrected chi connectivity index (χ3v) is 5.41. The zero-order valence-electron chi connectivity index (χ0n) is 15.4. The summed E-state index contributed by atoms with van der Waals surface area (Å²) in [5, 5.41) is 9.81. The molecule has 3 aromatic rings. The van der Waals surface area contributed by atoms with Gasteiger partial charge in [-0.3, -0.25) is 0 Å². The summed E-state index contributed by atoms with van der Waals surface area (Å²) in [5.41, 5.74) is 3.21. The Kier molecular flexibility index (Phi) is 3.99. The van der Waals surface area contributed by atoms with Gasteiger partial charge in [-0.25, -0.2) is 9.97 Å². The van der Waals surface area contributed by atoms with Crippen LogP contribution >= 0.6 is 0 Å². The van der Waals surface area contributed by atoms with Crippen LogP contribution in [0.25, 0.3) is 10.9 Å². The molecule has 1 aliphatic heterocycles. The SMILES string of the molecule is COc1ncnc2ccc(N3CCN(c4ccc(C5CC5)nn4)CC3)cc12. The largest absolute Gasteiger partial charge is 0.480 e. The molecule has 0 amide bonds. The summed E-state index contributed by atoms with van der Waals surface area (Å²) in [4.78, 5) is 13.2. The molecule has 0 radical (unpaired) electrons. The Morgan fingerprint density at radius 1 is 0.926 bits per heavy atom. The summed E-state index contributed by atoms with van der Waals surface area (Å²) in [7, 11) is 1.64. The fraction of sp³-hybridized carbons (Fsp3) is 0.400. The minimum atomic E-state index is 0.617. The summed E-state index contributed by atoms with van der Waals surface area (Å²) in [5.74, 6) is 2.25. The first kappa shape index (κ1) is 16.2. The molecule has 138 valence electrons. The fourth-order valence-corrected chi connectivity index (χ4v) is 3.68. The molecule has 7 nitrogen and oxygen atoms in total. The normalized spacial score (nSPS) is 17.4. The summed E-state index contributed by atoms with van der Waals surface area (Å²) in [6.45, 7) is 3.73. The number of methoxy groups -OCH3 is 1. The molecular formula is C20H22N6O. The van der Waals surface area contributed by atoms with Crippen LogP contribution in [0.15, 0.2) is 36.7 Å². The van der Waals surface area contributed by atoms with Crippen LogP contribution in [-0.2, 0) is 0 Å². The van der Waals surface area contributed by atoms with Gasteiger partial charge in [-0.05, 0) is 43.2 Å². The van der Waals surface area contributed by atoms with Gasteiger partial charge in [0.1, 0.15) is 6.33 Å². The maximum atomic E-state index is 5.38. The van der Waals surface area contributed by atoms with E-state index in [0.29, 0.717) is 11.8 Å². The number of fused-ring (bicyclic) bond motifs is 1. The van der Waals surface area contributed by atoms with Crippen molar-refractivity contribution in [2.45, 2.75) is 18.8 Å². The van der Waals surface area contributed by atoms with Crippen LogP contribution in [0, 0.1) is 0 Å². The molecule has 1 saturated heterocycles. The Morgan fingerprint density at radius 3 is 2.44 bits per heavy atom. The van der Waals surface area contributed by atoms with Crippen molar-refractivity contribution >= 4 is 22.4 Å². The maximum Gasteiger partial charge on any atom is 0.224 e.